The van der Waals surface area contributed by atoms with E-state index in [0.717, 1.165) is 6.42 Å². The molecule has 0 aromatic carbocycles. The smallest absolute Gasteiger partial charge is 0.0802 e. The number of aliphatic hydroxyl groups is 1. The molecule has 0 spiro atoms. The number of aliphatic hydroxyl groups excluding tert-OH is 1. The van der Waals surface area contributed by atoms with E-state index in [2.05, 4.69) is 6.08 Å². The van der Waals surface area contributed by atoms with E-state index in [1.54, 1.807) is 7.11 Å². The lowest BCUT2D eigenvalue weighted by Crippen LogP contribution is -2.18. The van der Waals surface area contributed by atoms with Crippen LogP contribution in [0, 0.1) is 0 Å². The molecule has 0 aliphatic carbocycles. The Balaban J connectivity index is 3.94. The molecule has 2 nitrogen and oxygen atoms in total. The van der Waals surface area contributed by atoms with Gasteiger partial charge in [-0.15, -0.1) is 0 Å². The maximum Gasteiger partial charge on any atom is 0.0802 e. The highest BCUT2D eigenvalue weighted by molar-refractivity contribution is 5.07. The third-order valence-corrected chi connectivity index (χ3v) is 1.92. The largest absolute Gasteiger partial charge is 0.392 e. The average Bonchev–Trinajstić information content (AvgIpc) is 2.05. The molecule has 0 radical (unpaired) electrons. The Morgan fingerprint density at radius 1 is 1.46 bits per heavy atom. The summed E-state index contributed by atoms with van der Waals surface area (Å²) in [6.45, 7) is 6.14. The molecule has 0 atom stereocenters. The highest BCUT2D eigenvalue weighted by atomic mass is 16.5. The number of hydrogen-bond acceptors (Lipinski definition) is 2. The first-order valence-corrected chi connectivity index (χ1v) is 4.51. The standard InChI is InChI=1S/C11H20O2/c1-10(7-9-12)6-5-8-11(2,3)13-4/h5,7-8,12H,6,9H2,1-4H3/b8-5+,10-7+. The lowest BCUT2D eigenvalue weighted by atomic mass is 10.1. The molecule has 0 rings (SSSR count). The highest BCUT2D eigenvalue weighted by Gasteiger charge is 2.09. The quantitative estimate of drug-likeness (QED) is 0.664. The van der Waals surface area contributed by atoms with E-state index in [9.17, 15) is 0 Å². The molecule has 1 N–H and O–H groups in total. The van der Waals surface area contributed by atoms with Crippen LogP contribution in [0.1, 0.15) is 27.2 Å². The van der Waals surface area contributed by atoms with E-state index in [-0.39, 0.29) is 12.2 Å². The third kappa shape index (κ3) is 6.55. The summed E-state index contributed by atoms with van der Waals surface area (Å²) in [6.07, 6.45) is 6.77. The van der Waals surface area contributed by atoms with Crippen LogP contribution in [0.5, 0.6) is 0 Å². The average molecular weight is 184 g/mol. The van der Waals surface area contributed by atoms with Crippen molar-refractivity contribution in [3.8, 4) is 0 Å². The summed E-state index contributed by atoms with van der Waals surface area (Å²) in [4.78, 5) is 0. The van der Waals surface area contributed by atoms with Crippen molar-refractivity contribution in [3.05, 3.63) is 23.8 Å². The Bertz CT molecular complexity index is 190. The molecule has 13 heavy (non-hydrogen) atoms. The summed E-state index contributed by atoms with van der Waals surface area (Å²) in [5.74, 6) is 0. The van der Waals surface area contributed by atoms with E-state index < -0.39 is 0 Å². The van der Waals surface area contributed by atoms with Crippen molar-refractivity contribution >= 4 is 0 Å². The van der Waals surface area contributed by atoms with Crippen LogP contribution in [-0.2, 0) is 4.74 Å². The van der Waals surface area contributed by atoms with Gasteiger partial charge in [-0.05, 0) is 27.2 Å². The van der Waals surface area contributed by atoms with Crippen LogP contribution in [-0.4, -0.2) is 24.4 Å². The molecule has 0 aliphatic heterocycles. The first-order valence-electron chi connectivity index (χ1n) is 4.51. The van der Waals surface area contributed by atoms with Gasteiger partial charge in [0, 0.05) is 7.11 Å². The summed E-state index contributed by atoms with van der Waals surface area (Å²) in [7, 11) is 1.70. The molecular weight excluding hydrogens is 164 g/mol. The van der Waals surface area contributed by atoms with Crippen LogP contribution in [0.4, 0.5) is 0 Å². The van der Waals surface area contributed by atoms with Gasteiger partial charge >= 0.3 is 0 Å². The van der Waals surface area contributed by atoms with Crippen molar-refractivity contribution in [2.75, 3.05) is 13.7 Å². The van der Waals surface area contributed by atoms with Crippen molar-refractivity contribution < 1.29 is 9.84 Å². The Morgan fingerprint density at radius 3 is 2.54 bits per heavy atom. The van der Waals surface area contributed by atoms with Gasteiger partial charge in [0.05, 0.1) is 12.2 Å². The molecule has 0 unspecified atom stereocenters. The molecule has 0 bridgehead atoms. The number of allylic oxidation sites excluding steroid dienone is 2. The Hall–Kier alpha value is -0.600. The minimum Gasteiger partial charge on any atom is -0.392 e. The predicted molar refractivity (Wildman–Crippen MR) is 55.7 cm³/mol. The van der Waals surface area contributed by atoms with Gasteiger partial charge in [-0.2, -0.15) is 0 Å². The lowest BCUT2D eigenvalue weighted by molar-refractivity contribution is 0.0654. The Morgan fingerprint density at radius 2 is 2.08 bits per heavy atom. The summed E-state index contributed by atoms with van der Waals surface area (Å²) in [5, 5.41) is 8.62. The van der Waals surface area contributed by atoms with Crippen molar-refractivity contribution in [1.29, 1.82) is 0 Å². The van der Waals surface area contributed by atoms with E-state index in [0.29, 0.717) is 0 Å². The molecule has 0 aromatic rings. The first-order chi connectivity index (χ1) is 6.02. The van der Waals surface area contributed by atoms with Crippen LogP contribution in [0.15, 0.2) is 23.8 Å². The van der Waals surface area contributed by atoms with Gasteiger partial charge in [0.2, 0.25) is 0 Å². The molecule has 0 heterocycles. The molecule has 0 aliphatic rings. The van der Waals surface area contributed by atoms with E-state index in [1.165, 1.54) is 5.57 Å². The minimum absolute atomic E-state index is 0.118. The topological polar surface area (TPSA) is 29.5 Å². The molecule has 0 aromatic heterocycles. The SMILES string of the molecule is COC(C)(C)/C=C/C/C(C)=C/CO. The van der Waals surface area contributed by atoms with E-state index in [4.69, 9.17) is 9.84 Å². The zero-order valence-electron chi connectivity index (χ0n) is 9.00. The molecule has 0 saturated heterocycles. The molecule has 0 saturated carbocycles. The summed E-state index contributed by atoms with van der Waals surface area (Å²) in [6, 6.07) is 0. The highest BCUT2D eigenvalue weighted by Crippen LogP contribution is 2.10. The van der Waals surface area contributed by atoms with Crippen molar-refractivity contribution in [3.63, 3.8) is 0 Å². The fourth-order valence-electron chi connectivity index (χ4n) is 0.836. The number of rotatable bonds is 5. The zero-order chi connectivity index (χ0) is 10.3. The van der Waals surface area contributed by atoms with Gasteiger partial charge in [-0.3, -0.25) is 0 Å². The molecule has 2 heteroatoms. The zero-order valence-corrected chi connectivity index (χ0v) is 9.00. The minimum atomic E-state index is -0.195. The van der Waals surface area contributed by atoms with Crippen molar-refractivity contribution in [2.45, 2.75) is 32.8 Å². The Kier molecular flexibility index (Phi) is 5.67. The fourth-order valence-corrected chi connectivity index (χ4v) is 0.836. The first kappa shape index (κ1) is 12.4. The van der Waals surface area contributed by atoms with E-state index >= 15 is 0 Å². The summed E-state index contributed by atoms with van der Waals surface area (Å²) >= 11 is 0. The van der Waals surface area contributed by atoms with Gasteiger partial charge in [0.15, 0.2) is 0 Å². The summed E-state index contributed by atoms with van der Waals surface area (Å²) in [5.41, 5.74) is 0.977. The second kappa shape index (κ2) is 5.95. The molecule has 0 amide bonds. The monoisotopic (exact) mass is 184 g/mol. The van der Waals surface area contributed by atoms with Gasteiger partial charge in [-0.1, -0.05) is 23.8 Å². The normalized spacial score (nSPS) is 14.1. The van der Waals surface area contributed by atoms with E-state index in [1.807, 2.05) is 32.9 Å². The third-order valence-electron chi connectivity index (χ3n) is 1.92. The molecule has 76 valence electrons. The van der Waals surface area contributed by atoms with Gasteiger partial charge in [-0.25, -0.2) is 0 Å². The molecular formula is C11H20O2. The van der Waals surface area contributed by atoms with Crippen LogP contribution < -0.4 is 0 Å². The van der Waals surface area contributed by atoms with Crippen LogP contribution in [0.25, 0.3) is 0 Å². The van der Waals surface area contributed by atoms with Crippen LogP contribution in [0.3, 0.4) is 0 Å². The lowest BCUT2D eigenvalue weighted by Gasteiger charge is -2.17. The molecule has 0 fully saturated rings. The second-order valence-corrected chi connectivity index (χ2v) is 3.65. The van der Waals surface area contributed by atoms with Gasteiger partial charge in [0.25, 0.3) is 0 Å². The van der Waals surface area contributed by atoms with Crippen molar-refractivity contribution in [1.82, 2.24) is 0 Å². The Labute approximate surface area is 80.9 Å². The summed E-state index contributed by atoms with van der Waals surface area (Å²) < 4.78 is 5.22. The van der Waals surface area contributed by atoms with Crippen LogP contribution in [0.2, 0.25) is 0 Å². The number of ether oxygens (including phenoxy) is 1. The predicted octanol–water partition coefficient (Wildman–Crippen LogP) is 2.30. The second-order valence-electron chi connectivity index (χ2n) is 3.65. The van der Waals surface area contributed by atoms with Crippen molar-refractivity contribution in [2.24, 2.45) is 0 Å². The van der Waals surface area contributed by atoms with Crippen LogP contribution >= 0.6 is 0 Å². The maximum absolute atomic E-state index is 8.62. The number of methoxy groups -OCH3 is 1. The fraction of sp³-hybridized carbons (Fsp3) is 0.636. The van der Waals surface area contributed by atoms with Gasteiger partial charge < -0.3 is 9.84 Å². The van der Waals surface area contributed by atoms with Gasteiger partial charge in [0.1, 0.15) is 0 Å². The number of hydrogen-bond donors (Lipinski definition) is 1. The maximum atomic E-state index is 8.62.